The van der Waals surface area contributed by atoms with Crippen molar-refractivity contribution in [2.75, 3.05) is 18.5 Å². The van der Waals surface area contributed by atoms with E-state index in [1.54, 1.807) is 6.92 Å². The summed E-state index contributed by atoms with van der Waals surface area (Å²) in [5.41, 5.74) is -0.926. The Kier molecular flexibility index (Phi) is 4.90. The molecule has 0 fully saturated rings. The number of nitrogens with one attached hydrogen (secondary N) is 1. The van der Waals surface area contributed by atoms with Gasteiger partial charge in [0.05, 0.1) is 30.6 Å². The molecule has 0 aliphatic rings. The number of aliphatic hydroxyl groups excluding tert-OH is 2. The fourth-order valence-corrected chi connectivity index (χ4v) is 1.61. The van der Waals surface area contributed by atoms with Crippen LogP contribution in [0, 0.1) is 12.3 Å². The zero-order valence-corrected chi connectivity index (χ0v) is 11.4. The topological polar surface area (TPSA) is 87.4 Å². The second-order valence-corrected chi connectivity index (χ2v) is 4.83. The van der Waals surface area contributed by atoms with Gasteiger partial charge in [-0.3, -0.25) is 4.79 Å². The molecule has 6 nitrogen and oxygen atoms in total. The Morgan fingerprint density at radius 2 is 2.22 bits per heavy atom. The van der Waals surface area contributed by atoms with Crippen molar-refractivity contribution in [3.63, 3.8) is 0 Å². The van der Waals surface area contributed by atoms with Crippen LogP contribution >= 0.6 is 15.9 Å². The van der Waals surface area contributed by atoms with Gasteiger partial charge in [-0.05, 0) is 22.9 Å². The minimum absolute atomic E-state index is 0.0784. The number of anilines is 1. The van der Waals surface area contributed by atoms with Crippen LogP contribution in [0.15, 0.2) is 15.5 Å². The van der Waals surface area contributed by atoms with Gasteiger partial charge < -0.3 is 15.5 Å². The predicted molar refractivity (Wildman–Crippen MR) is 71.2 cm³/mol. The van der Waals surface area contributed by atoms with E-state index >= 15 is 0 Å². The third-order valence-corrected chi connectivity index (χ3v) is 3.13. The average Bonchev–Trinajstić information content (AvgIpc) is 2.38. The van der Waals surface area contributed by atoms with Gasteiger partial charge in [-0.15, -0.1) is 6.42 Å². The maximum Gasteiger partial charge on any atom is 0.284 e. The maximum absolute atomic E-state index is 11.8. The van der Waals surface area contributed by atoms with E-state index in [9.17, 15) is 15.0 Å². The van der Waals surface area contributed by atoms with E-state index < -0.39 is 5.54 Å². The predicted octanol–water partition coefficient (Wildman–Crippen LogP) is -0.206. The summed E-state index contributed by atoms with van der Waals surface area (Å²) in [6.07, 6.45) is 6.52. The highest BCUT2D eigenvalue weighted by Gasteiger charge is 2.23. The van der Waals surface area contributed by atoms with Crippen LogP contribution in [0.5, 0.6) is 0 Å². The van der Waals surface area contributed by atoms with E-state index in [0.29, 0.717) is 5.69 Å². The molecule has 0 radical (unpaired) electrons. The van der Waals surface area contributed by atoms with Crippen LogP contribution in [0.2, 0.25) is 0 Å². The molecule has 7 heteroatoms. The minimum Gasteiger partial charge on any atom is -0.394 e. The molecule has 1 aromatic rings. The van der Waals surface area contributed by atoms with Gasteiger partial charge >= 0.3 is 0 Å². The number of hydrogen-bond donors (Lipinski definition) is 3. The van der Waals surface area contributed by atoms with Gasteiger partial charge in [0.15, 0.2) is 0 Å². The van der Waals surface area contributed by atoms with Gasteiger partial charge in [-0.2, -0.15) is 5.10 Å². The molecule has 0 aliphatic carbocycles. The Hall–Kier alpha value is -1.36. The smallest absolute Gasteiger partial charge is 0.284 e. The highest BCUT2D eigenvalue weighted by molar-refractivity contribution is 9.10. The number of nitrogens with zero attached hydrogens (tertiary/aromatic N) is 2. The Morgan fingerprint density at radius 3 is 2.72 bits per heavy atom. The number of rotatable bonds is 5. The van der Waals surface area contributed by atoms with E-state index in [2.05, 4.69) is 32.3 Å². The molecule has 3 N–H and O–H groups in total. The second-order valence-electron chi connectivity index (χ2n) is 4.04. The molecule has 0 saturated carbocycles. The van der Waals surface area contributed by atoms with E-state index in [1.807, 2.05) is 0 Å². The molecule has 0 saturated heterocycles. The Labute approximate surface area is 113 Å². The van der Waals surface area contributed by atoms with E-state index in [4.69, 9.17) is 6.42 Å². The summed E-state index contributed by atoms with van der Waals surface area (Å²) in [5, 5.41) is 25.1. The third kappa shape index (κ3) is 3.10. The number of terminal acetylenes is 1. The number of aliphatic hydroxyl groups is 2. The summed E-state index contributed by atoms with van der Waals surface area (Å²) in [6, 6.07) is 0. The van der Waals surface area contributed by atoms with Crippen molar-refractivity contribution >= 4 is 21.6 Å². The molecule has 0 aliphatic heterocycles. The fourth-order valence-electron chi connectivity index (χ4n) is 1.21. The fraction of sp³-hybridized carbons (Fsp3) is 0.455. The monoisotopic (exact) mass is 315 g/mol. The van der Waals surface area contributed by atoms with E-state index in [-0.39, 0.29) is 29.8 Å². The lowest BCUT2D eigenvalue weighted by Crippen LogP contribution is -2.43. The molecule has 98 valence electrons. The number of halogens is 1. The van der Waals surface area contributed by atoms with Crippen molar-refractivity contribution in [2.45, 2.75) is 19.0 Å². The first-order valence-corrected chi connectivity index (χ1v) is 5.95. The van der Waals surface area contributed by atoms with Crippen LogP contribution in [0.1, 0.15) is 6.92 Å². The van der Waals surface area contributed by atoms with Crippen LogP contribution in [-0.2, 0) is 6.54 Å². The van der Waals surface area contributed by atoms with Crippen LogP contribution < -0.4 is 10.9 Å². The first-order valence-electron chi connectivity index (χ1n) is 5.16. The molecule has 0 atom stereocenters. The van der Waals surface area contributed by atoms with E-state index in [1.165, 1.54) is 6.20 Å². The molecule has 0 spiro atoms. The van der Waals surface area contributed by atoms with Crippen molar-refractivity contribution in [3.05, 3.63) is 21.0 Å². The van der Waals surface area contributed by atoms with Crippen LogP contribution in [0.3, 0.4) is 0 Å². The molecular weight excluding hydrogens is 302 g/mol. The lowest BCUT2D eigenvalue weighted by Gasteiger charge is -2.27. The standard InChI is InChI=1S/C11H14BrN3O3/c1-3-4-15-10(18)9(12)8(5-13-15)14-11(2,6-16)7-17/h1,5,14,16-17H,4,6-7H2,2H3. The summed E-state index contributed by atoms with van der Waals surface area (Å²) in [4.78, 5) is 11.8. The first-order chi connectivity index (χ1) is 8.47. The summed E-state index contributed by atoms with van der Waals surface area (Å²) in [7, 11) is 0. The van der Waals surface area contributed by atoms with E-state index in [0.717, 1.165) is 4.68 Å². The van der Waals surface area contributed by atoms with Crippen LogP contribution in [0.25, 0.3) is 0 Å². The lowest BCUT2D eigenvalue weighted by molar-refractivity contribution is 0.147. The summed E-state index contributed by atoms with van der Waals surface area (Å²) in [6.45, 7) is 1.12. The minimum atomic E-state index is -0.936. The highest BCUT2D eigenvalue weighted by atomic mass is 79.9. The SMILES string of the molecule is C#CCn1ncc(NC(C)(CO)CO)c(Br)c1=O. The zero-order valence-electron chi connectivity index (χ0n) is 9.85. The van der Waals surface area contributed by atoms with Crippen LogP contribution in [-0.4, -0.2) is 38.7 Å². The van der Waals surface area contributed by atoms with Crippen LogP contribution in [0.4, 0.5) is 5.69 Å². The summed E-state index contributed by atoms with van der Waals surface area (Å²) >= 11 is 3.14. The third-order valence-electron chi connectivity index (χ3n) is 2.36. The van der Waals surface area contributed by atoms with Crippen molar-refractivity contribution in [1.29, 1.82) is 0 Å². The first kappa shape index (κ1) is 14.7. The molecule has 0 aromatic carbocycles. The molecule has 1 rings (SSSR count). The number of aromatic nitrogens is 2. The van der Waals surface area contributed by atoms with Gasteiger partial charge in [0.1, 0.15) is 11.0 Å². The molecule has 0 unspecified atom stereocenters. The van der Waals surface area contributed by atoms with Crippen molar-refractivity contribution < 1.29 is 10.2 Å². The highest BCUT2D eigenvalue weighted by Crippen LogP contribution is 2.20. The molecule has 0 amide bonds. The second kappa shape index (κ2) is 6.00. The molecule has 18 heavy (non-hydrogen) atoms. The zero-order chi connectivity index (χ0) is 13.8. The Morgan fingerprint density at radius 1 is 1.61 bits per heavy atom. The molecule has 0 bridgehead atoms. The largest absolute Gasteiger partial charge is 0.394 e. The Balaban J connectivity index is 3.11. The van der Waals surface area contributed by atoms with Crippen molar-refractivity contribution in [3.8, 4) is 12.3 Å². The molecule has 1 aromatic heterocycles. The van der Waals surface area contributed by atoms with Gasteiger partial charge in [0, 0.05) is 0 Å². The summed E-state index contributed by atoms with van der Waals surface area (Å²) < 4.78 is 1.38. The lowest BCUT2D eigenvalue weighted by atomic mass is 10.1. The molecular formula is C11H14BrN3O3. The maximum atomic E-state index is 11.8. The normalized spacial score (nSPS) is 11.1. The number of hydrogen-bond acceptors (Lipinski definition) is 5. The van der Waals surface area contributed by atoms with Crippen molar-refractivity contribution in [1.82, 2.24) is 9.78 Å². The van der Waals surface area contributed by atoms with Crippen molar-refractivity contribution in [2.24, 2.45) is 0 Å². The quantitative estimate of drug-likeness (QED) is 0.655. The van der Waals surface area contributed by atoms with Gasteiger partial charge in [0.2, 0.25) is 0 Å². The Bertz CT molecular complexity index is 517. The van der Waals surface area contributed by atoms with Gasteiger partial charge in [0.25, 0.3) is 5.56 Å². The summed E-state index contributed by atoms with van der Waals surface area (Å²) in [5.74, 6) is 2.32. The molecule has 1 heterocycles. The van der Waals surface area contributed by atoms with Gasteiger partial charge in [-0.1, -0.05) is 5.92 Å². The van der Waals surface area contributed by atoms with Gasteiger partial charge in [-0.25, -0.2) is 4.68 Å². The average molecular weight is 316 g/mol.